The Morgan fingerprint density at radius 3 is 2.64 bits per heavy atom. The van der Waals surface area contributed by atoms with Crippen molar-refractivity contribution in [2.45, 2.75) is 31.7 Å². The van der Waals surface area contributed by atoms with Gasteiger partial charge in [0.2, 0.25) is 11.8 Å². The lowest BCUT2D eigenvalue weighted by atomic mass is 10.0. The fourth-order valence-electron chi connectivity index (χ4n) is 4.74. The molecule has 1 aliphatic carbocycles. The average molecular weight is 505 g/mol. The molecule has 2 aliphatic rings. The fourth-order valence-corrected chi connectivity index (χ4v) is 5.67. The summed E-state index contributed by atoms with van der Waals surface area (Å²) in [6.45, 7) is 1.74. The third kappa shape index (κ3) is 5.90. The standard InChI is InChI=1S/C29H32N2O4S/c1-34-23-8-5-9-24(17-23)35-20-26-25-13-15-36-27(25)12-14-31(26)29(33)19-30(18-22-10-11-22)28(32)16-21-6-3-2-4-7-21/h2-9,13,15,17,22,26H,10-12,14,16,18-20H2,1H3/t26-/m1/s1. The van der Waals surface area contributed by atoms with E-state index in [0.717, 1.165) is 36.1 Å². The van der Waals surface area contributed by atoms with Gasteiger partial charge in [-0.3, -0.25) is 9.59 Å². The number of benzene rings is 2. The molecule has 5 rings (SSSR count). The molecule has 0 bridgehead atoms. The van der Waals surface area contributed by atoms with Crippen molar-refractivity contribution in [3.05, 3.63) is 82.0 Å². The van der Waals surface area contributed by atoms with Gasteiger partial charge in [-0.15, -0.1) is 11.3 Å². The minimum Gasteiger partial charge on any atom is -0.497 e. The molecule has 0 saturated heterocycles. The summed E-state index contributed by atoms with van der Waals surface area (Å²) >= 11 is 1.73. The van der Waals surface area contributed by atoms with Crippen molar-refractivity contribution in [3.8, 4) is 11.5 Å². The smallest absolute Gasteiger partial charge is 0.242 e. The number of hydrogen-bond donors (Lipinski definition) is 0. The van der Waals surface area contributed by atoms with Crippen molar-refractivity contribution < 1.29 is 19.1 Å². The number of nitrogens with zero attached hydrogens (tertiary/aromatic N) is 2. The van der Waals surface area contributed by atoms with Crippen molar-refractivity contribution in [2.75, 3.05) is 33.4 Å². The number of carbonyl (C=O) groups is 2. The van der Waals surface area contributed by atoms with Gasteiger partial charge in [-0.1, -0.05) is 36.4 Å². The summed E-state index contributed by atoms with van der Waals surface area (Å²) in [5, 5.41) is 2.08. The topological polar surface area (TPSA) is 59.1 Å². The van der Waals surface area contributed by atoms with E-state index in [1.807, 2.05) is 59.5 Å². The third-order valence-electron chi connectivity index (χ3n) is 6.92. The van der Waals surface area contributed by atoms with Crippen LogP contribution < -0.4 is 9.47 Å². The molecule has 7 heteroatoms. The number of rotatable bonds is 10. The van der Waals surface area contributed by atoms with Gasteiger partial charge in [-0.25, -0.2) is 0 Å². The summed E-state index contributed by atoms with van der Waals surface area (Å²) in [6, 6.07) is 19.2. The molecule has 3 aromatic rings. The van der Waals surface area contributed by atoms with E-state index in [2.05, 4.69) is 11.4 Å². The lowest BCUT2D eigenvalue weighted by Gasteiger charge is -2.37. The molecule has 2 heterocycles. The van der Waals surface area contributed by atoms with Crippen molar-refractivity contribution >= 4 is 23.2 Å². The first-order valence-electron chi connectivity index (χ1n) is 12.5. The minimum absolute atomic E-state index is 0.0128. The average Bonchev–Trinajstić information content (AvgIpc) is 3.59. The maximum atomic E-state index is 13.7. The Morgan fingerprint density at radius 2 is 1.86 bits per heavy atom. The van der Waals surface area contributed by atoms with E-state index in [-0.39, 0.29) is 24.4 Å². The summed E-state index contributed by atoms with van der Waals surface area (Å²) in [7, 11) is 1.63. The fraction of sp³-hybridized carbons (Fsp3) is 0.379. The molecular formula is C29H32N2O4S. The lowest BCUT2D eigenvalue weighted by molar-refractivity contribution is -0.142. The molecule has 1 aromatic heterocycles. The summed E-state index contributed by atoms with van der Waals surface area (Å²) in [6.07, 6.45) is 3.40. The number of methoxy groups -OCH3 is 1. The quantitative estimate of drug-likeness (QED) is 0.400. The molecule has 1 aliphatic heterocycles. The second kappa shape index (κ2) is 11.2. The predicted molar refractivity (Wildman–Crippen MR) is 140 cm³/mol. The Hall–Kier alpha value is -3.32. The maximum absolute atomic E-state index is 13.7. The first-order chi connectivity index (χ1) is 17.6. The summed E-state index contributed by atoms with van der Waals surface area (Å²) < 4.78 is 11.5. The van der Waals surface area contributed by atoms with E-state index in [1.165, 1.54) is 4.88 Å². The van der Waals surface area contributed by atoms with Crippen LogP contribution >= 0.6 is 11.3 Å². The summed E-state index contributed by atoms with van der Waals surface area (Å²) in [5.74, 6) is 1.94. The molecule has 2 aromatic carbocycles. The largest absolute Gasteiger partial charge is 0.497 e. The molecule has 36 heavy (non-hydrogen) atoms. The van der Waals surface area contributed by atoms with Crippen molar-refractivity contribution in [3.63, 3.8) is 0 Å². The Labute approximate surface area is 216 Å². The highest BCUT2D eigenvalue weighted by Gasteiger charge is 2.35. The number of thiophene rings is 1. The second-order valence-corrected chi connectivity index (χ2v) is 10.5. The van der Waals surface area contributed by atoms with E-state index in [4.69, 9.17) is 9.47 Å². The van der Waals surface area contributed by atoms with Gasteiger partial charge in [0.25, 0.3) is 0 Å². The summed E-state index contributed by atoms with van der Waals surface area (Å²) in [4.78, 5) is 31.9. The normalized spacial score (nSPS) is 16.8. The van der Waals surface area contributed by atoms with Crippen LogP contribution in [0.3, 0.4) is 0 Å². The highest BCUT2D eigenvalue weighted by molar-refractivity contribution is 7.10. The zero-order chi connectivity index (χ0) is 24.9. The van der Waals surface area contributed by atoms with Crippen LogP contribution in [-0.2, 0) is 22.4 Å². The number of ether oxygens (including phenoxy) is 2. The third-order valence-corrected chi connectivity index (χ3v) is 7.91. The Balaban J connectivity index is 1.30. The van der Waals surface area contributed by atoms with E-state index >= 15 is 0 Å². The van der Waals surface area contributed by atoms with Gasteiger partial charge >= 0.3 is 0 Å². The number of amides is 2. The van der Waals surface area contributed by atoms with Gasteiger partial charge in [-0.05, 0) is 59.9 Å². The van der Waals surface area contributed by atoms with Crippen LogP contribution in [0.4, 0.5) is 0 Å². The Morgan fingerprint density at radius 1 is 1.06 bits per heavy atom. The predicted octanol–water partition coefficient (Wildman–Crippen LogP) is 4.74. The molecule has 188 valence electrons. The molecule has 2 amide bonds. The van der Waals surface area contributed by atoms with Crippen LogP contribution in [0, 0.1) is 5.92 Å². The second-order valence-electron chi connectivity index (χ2n) is 9.52. The van der Waals surface area contributed by atoms with Gasteiger partial charge in [0, 0.05) is 24.0 Å². The minimum atomic E-state index is -0.189. The van der Waals surface area contributed by atoms with Crippen molar-refractivity contribution in [1.82, 2.24) is 9.80 Å². The molecule has 0 radical (unpaired) electrons. The van der Waals surface area contributed by atoms with Gasteiger partial charge in [0.05, 0.1) is 26.1 Å². The maximum Gasteiger partial charge on any atom is 0.242 e. The van der Waals surface area contributed by atoms with Crippen LogP contribution in [0.1, 0.15) is 34.9 Å². The van der Waals surface area contributed by atoms with Gasteiger partial charge in [0.1, 0.15) is 18.1 Å². The van der Waals surface area contributed by atoms with E-state index < -0.39 is 0 Å². The van der Waals surface area contributed by atoms with Crippen molar-refractivity contribution in [1.29, 1.82) is 0 Å². The molecule has 1 saturated carbocycles. The van der Waals surface area contributed by atoms with E-state index in [9.17, 15) is 9.59 Å². The van der Waals surface area contributed by atoms with Crippen molar-refractivity contribution in [2.24, 2.45) is 5.92 Å². The zero-order valence-electron chi connectivity index (χ0n) is 20.6. The van der Waals surface area contributed by atoms with E-state index in [1.54, 1.807) is 23.3 Å². The highest BCUT2D eigenvalue weighted by Crippen LogP contribution is 2.35. The molecule has 0 unspecified atom stereocenters. The SMILES string of the molecule is COc1cccc(OC[C@@H]2c3ccsc3CCN2C(=O)CN(CC2CC2)C(=O)Cc2ccccc2)c1. The number of hydrogen-bond acceptors (Lipinski definition) is 5. The number of carbonyl (C=O) groups excluding carboxylic acids is 2. The Kier molecular flexibility index (Phi) is 7.56. The zero-order valence-corrected chi connectivity index (χ0v) is 21.4. The molecule has 0 N–H and O–H groups in total. The van der Waals surface area contributed by atoms with Gasteiger partial charge in [0.15, 0.2) is 0 Å². The lowest BCUT2D eigenvalue weighted by Crippen LogP contribution is -2.48. The first-order valence-corrected chi connectivity index (χ1v) is 13.4. The Bertz CT molecular complexity index is 1190. The van der Waals surface area contributed by atoms with Crippen LogP contribution in [0.2, 0.25) is 0 Å². The summed E-state index contributed by atoms with van der Waals surface area (Å²) in [5.41, 5.74) is 2.12. The van der Waals surface area contributed by atoms with Crippen LogP contribution in [0.5, 0.6) is 11.5 Å². The first kappa shape index (κ1) is 24.4. The van der Waals surface area contributed by atoms with Crippen LogP contribution in [0.25, 0.3) is 0 Å². The van der Waals surface area contributed by atoms with Crippen LogP contribution in [0.15, 0.2) is 66.0 Å². The molecule has 1 fully saturated rings. The number of fused-ring (bicyclic) bond motifs is 1. The molecule has 1 atom stereocenters. The van der Waals surface area contributed by atoms with Gasteiger partial charge < -0.3 is 19.3 Å². The van der Waals surface area contributed by atoms with E-state index in [0.29, 0.717) is 37.8 Å². The van der Waals surface area contributed by atoms with Gasteiger partial charge in [-0.2, -0.15) is 0 Å². The van der Waals surface area contributed by atoms with Crippen LogP contribution in [-0.4, -0.2) is 55.0 Å². The molecule has 0 spiro atoms. The monoisotopic (exact) mass is 504 g/mol. The highest BCUT2D eigenvalue weighted by atomic mass is 32.1. The molecular weight excluding hydrogens is 472 g/mol. The molecule has 6 nitrogen and oxygen atoms in total.